The second-order valence-electron chi connectivity index (χ2n) is 3.34. The maximum Gasteiger partial charge on any atom is 0.0593 e. The molecule has 1 aromatic rings. The Balaban J connectivity index is 2.24. The lowest BCUT2D eigenvalue weighted by molar-refractivity contribution is 0.523. The Hall–Kier alpha value is -0.830. The SMILES string of the molecule is Cc1ccn(CCCC(C)N)n1. The highest BCUT2D eigenvalue weighted by molar-refractivity contribution is 4.94. The summed E-state index contributed by atoms with van der Waals surface area (Å²) < 4.78 is 1.97. The van der Waals surface area contributed by atoms with Gasteiger partial charge in [0.15, 0.2) is 0 Å². The van der Waals surface area contributed by atoms with Crippen molar-refractivity contribution in [3.8, 4) is 0 Å². The normalized spacial score (nSPS) is 13.2. The fourth-order valence-corrected chi connectivity index (χ4v) is 1.16. The third-order valence-electron chi connectivity index (χ3n) is 1.82. The number of hydrogen-bond acceptors (Lipinski definition) is 2. The van der Waals surface area contributed by atoms with Crippen LogP contribution in [-0.4, -0.2) is 15.8 Å². The van der Waals surface area contributed by atoms with Gasteiger partial charge in [0.2, 0.25) is 0 Å². The van der Waals surface area contributed by atoms with E-state index in [1.807, 2.05) is 30.8 Å². The minimum Gasteiger partial charge on any atom is -0.328 e. The molecule has 1 atom stereocenters. The first kappa shape index (κ1) is 9.26. The molecule has 0 spiro atoms. The van der Waals surface area contributed by atoms with Crippen LogP contribution >= 0.6 is 0 Å². The van der Waals surface area contributed by atoms with Gasteiger partial charge in [0.05, 0.1) is 5.69 Å². The van der Waals surface area contributed by atoms with E-state index in [4.69, 9.17) is 5.73 Å². The van der Waals surface area contributed by atoms with E-state index >= 15 is 0 Å². The van der Waals surface area contributed by atoms with Crippen molar-refractivity contribution in [2.75, 3.05) is 0 Å². The van der Waals surface area contributed by atoms with Crippen LogP contribution in [0.5, 0.6) is 0 Å². The first-order valence-corrected chi connectivity index (χ1v) is 4.44. The number of aromatic nitrogens is 2. The highest BCUT2D eigenvalue weighted by Crippen LogP contribution is 1.98. The van der Waals surface area contributed by atoms with Crippen molar-refractivity contribution in [2.45, 2.75) is 39.3 Å². The van der Waals surface area contributed by atoms with Gasteiger partial charge in [-0.15, -0.1) is 0 Å². The monoisotopic (exact) mass is 167 g/mol. The summed E-state index contributed by atoms with van der Waals surface area (Å²) in [5.41, 5.74) is 6.71. The zero-order valence-electron chi connectivity index (χ0n) is 7.83. The Morgan fingerprint density at radius 1 is 1.67 bits per heavy atom. The van der Waals surface area contributed by atoms with E-state index < -0.39 is 0 Å². The molecule has 1 heterocycles. The molecule has 0 aliphatic rings. The Morgan fingerprint density at radius 2 is 2.42 bits per heavy atom. The molecule has 0 aliphatic carbocycles. The van der Waals surface area contributed by atoms with E-state index in [0.717, 1.165) is 25.1 Å². The van der Waals surface area contributed by atoms with Gasteiger partial charge in [-0.2, -0.15) is 5.10 Å². The van der Waals surface area contributed by atoms with Crippen molar-refractivity contribution in [3.63, 3.8) is 0 Å². The van der Waals surface area contributed by atoms with Crippen LogP contribution in [0.4, 0.5) is 0 Å². The molecule has 0 aliphatic heterocycles. The molecular weight excluding hydrogens is 150 g/mol. The fourth-order valence-electron chi connectivity index (χ4n) is 1.16. The number of rotatable bonds is 4. The fraction of sp³-hybridized carbons (Fsp3) is 0.667. The van der Waals surface area contributed by atoms with Crippen LogP contribution in [0.25, 0.3) is 0 Å². The Morgan fingerprint density at radius 3 is 2.92 bits per heavy atom. The van der Waals surface area contributed by atoms with Gasteiger partial charge >= 0.3 is 0 Å². The summed E-state index contributed by atoms with van der Waals surface area (Å²) in [6, 6.07) is 2.33. The highest BCUT2D eigenvalue weighted by atomic mass is 15.3. The molecule has 12 heavy (non-hydrogen) atoms. The number of nitrogens with two attached hydrogens (primary N) is 1. The van der Waals surface area contributed by atoms with Gasteiger partial charge in [0, 0.05) is 18.8 Å². The maximum atomic E-state index is 5.63. The molecule has 3 nitrogen and oxygen atoms in total. The predicted octanol–water partition coefficient (Wildman–Crippen LogP) is 1.32. The van der Waals surface area contributed by atoms with Gasteiger partial charge in [-0.3, -0.25) is 4.68 Å². The molecule has 0 bridgehead atoms. The van der Waals surface area contributed by atoms with Crippen molar-refractivity contribution < 1.29 is 0 Å². The van der Waals surface area contributed by atoms with E-state index in [1.54, 1.807) is 0 Å². The van der Waals surface area contributed by atoms with Gasteiger partial charge in [0.1, 0.15) is 0 Å². The van der Waals surface area contributed by atoms with Gasteiger partial charge in [0.25, 0.3) is 0 Å². The lowest BCUT2D eigenvalue weighted by Crippen LogP contribution is -2.15. The zero-order chi connectivity index (χ0) is 8.97. The van der Waals surface area contributed by atoms with Crippen molar-refractivity contribution in [3.05, 3.63) is 18.0 Å². The smallest absolute Gasteiger partial charge is 0.0593 e. The summed E-state index contributed by atoms with van der Waals surface area (Å²) in [4.78, 5) is 0. The third kappa shape index (κ3) is 3.05. The largest absolute Gasteiger partial charge is 0.328 e. The van der Waals surface area contributed by atoms with Crippen LogP contribution in [-0.2, 0) is 6.54 Å². The van der Waals surface area contributed by atoms with E-state index in [9.17, 15) is 0 Å². The second kappa shape index (κ2) is 4.26. The summed E-state index contributed by atoms with van der Waals surface area (Å²) in [5, 5.41) is 4.28. The van der Waals surface area contributed by atoms with E-state index in [0.29, 0.717) is 6.04 Å². The van der Waals surface area contributed by atoms with Crippen LogP contribution in [0, 0.1) is 6.92 Å². The summed E-state index contributed by atoms with van der Waals surface area (Å²) in [6.45, 7) is 5.02. The Bertz CT molecular complexity index is 227. The highest BCUT2D eigenvalue weighted by Gasteiger charge is 1.96. The molecular formula is C9H17N3. The molecule has 1 rings (SSSR count). The van der Waals surface area contributed by atoms with Gasteiger partial charge in [-0.1, -0.05) is 0 Å². The molecule has 1 unspecified atom stereocenters. The predicted molar refractivity (Wildman–Crippen MR) is 49.8 cm³/mol. The average Bonchev–Trinajstić information content (AvgIpc) is 2.35. The van der Waals surface area contributed by atoms with Gasteiger partial charge in [-0.05, 0) is 32.8 Å². The van der Waals surface area contributed by atoms with E-state index in [2.05, 4.69) is 5.10 Å². The number of hydrogen-bond donors (Lipinski definition) is 1. The van der Waals surface area contributed by atoms with E-state index in [-0.39, 0.29) is 0 Å². The van der Waals surface area contributed by atoms with Crippen LogP contribution in [0.1, 0.15) is 25.5 Å². The number of aryl methyl sites for hydroxylation is 2. The minimum absolute atomic E-state index is 0.307. The quantitative estimate of drug-likeness (QED) is 0.735. The molecule has 0 radical (unpaired) electrons. The van der Waals surface area contributed by atoms with Crippen molar-refractivity contribution in [2.24, 2.45) is 5.73 Å². The molecule has 0 amide bonds. The molecule has 3 heteroatoms. The molecule has 2 N–H and O–H groups in total. The molecule has 0 saturated carbocycles. The molecule has 0 aromatic carbocycles. The van der Waals surface area contributed by atoms with Crippen LogP contribution in [0.3, 0.4) is 0 Å². The molecule has 0 fully saturated rings. The number of nitrogens with zero attached hydrogens (tertiary/aromatic N) is 2. The summed E-state index contributed by atoms with van der Waals surface area (Å²) in [7, 11) is 0. The molecule has 0 saturated heterocycles. The van der Waals surface area contributed by atoms with Crippen molar-refractivity contribution >= 4 is 0 Å². The van der Waals surface area contributed by atoms with Crippen molar-refractivity contribution in [1.82, 2.24) is 9.78 Å². The standard InChI is InChI=1S/C9H17N3/c1-8(10)4-3-6-12-7-5-9(2)11-12/h5,7-8H,3-4,6,10H2,1-2H3. The first-order chi connectivity index (χ1) is 5.68. The van der Waals surface area contributed by atoms with Gasteiger partial charge < -0.3 is 5.73 Å². The molecule has 1 aromatic heterocycles. The minimum atomic E-state index is 0.307. The maximum absolute atomic E-state index is 5.63. The van der Waals surface area contributed by atoms with Crippen LogP contribution in [0.15, 0.2) is 12.3 Å². The van der Waals surface area contributed by atoms with Gasteiger partial charge in [-0.25, -0.2) is 0 Å². The summed E-state index contributed by atoms with van der Waals surface area (Å²) in [6.07, 6.45) is 4.19. The van der Waals surface area contributed by atoms with Crippen LogP contribution < -0.4 is 5.73 Å². The second-order valence-corrected chi connectivity index (χ2v) is 3.34. The Labute approximate surface area is 73.6 Å². The lowest BCUT2D eigenvalue weighted by Gasteiger charge is -2.04. The van der Waals surface area contributed by atoms with Crippen molar-refractivity contribution in [1.29, 1.82) is 0 Å². The summed E-state index contributed by atoms with van der Waals surface area (Å²) in [5.74, 6) is 0. The summed E-state index contributed by atoms with van der Waals surface area (Å²) >= 11 is 0. The lowest BCUT2D eigenvalue weighted by atomic mass is 10.2. The first-order valence-electron chi connectivity index (χ1n) is 4.44. The molecule has 68 valence electrons. The topological polar surface area (TPSA) is 43.8 Å². The third-order valence-corrected chi connectivity index (χ3v) is 1.82. The Kier molecular flexibility index (Phi) is 3.29. The zero-order valence-corrected chi connectivity index (χ0v) is 7.83. The van der Waals surface area contributed by atoms with Crippen LogP contribution in [0.2, 0.25) is 0 Å². The van der Waals surface area contributed by atoms with E-state index in [1.165, 1.54) is 0 Å². The average molecular weight is 167 g/mol.